The summed E-state index contributed by atoms with van der Waals surface area (Å²) in [7, 11) is 0. The Morgan fingerprint density at radius 2 is 1.73 bits per heavy atom. The molecule has 1 atom stereocenters. The Morgan fingerprint density at radius 3 is 2.40 bits per heavy atom. The number of rotatable bonds is 3. The van der Waals surface area contributed by atoms with E-state index in [4.69, 9.17) is 0 Å². The first kappa shape index (κ1) is 20.5. The van der Waals surface area contributed by atoms with Gasteiger partial charge in [0.2, 0.25) is 5.91 Å². The molecule has 0 bridgehead atoms. The van der Waals surface area contributed by atoms with Gasteiger partial charge in [-0.15, -0.1) is 0 Å². The second kappa shape index (κ2) is 7.79. The van der Waals surface area contributed by atoms with Crippen LogP contribution in [0.5, 0.6) is 0 Å². The summed E-state index contributed by atoms with van der Waals surface area (Å²) in [6.45, 7) is 3.35. The van der Waals surface area contributed by atoms with Crippen LogP contribution >= 0.6 is 11.5 Å². The van der Waals surface area contributed by atoms with E-state index in [0.29, 0.717) is 37.3 Å². The van der Waals surface area contributed by atoms with Gasteiger partial charge in [-0.2, -0.15) is 13.2 Å². The third-order valence-corrected chi connectivity index (χ3v) is 6.58. The monoisotopic (exact) mass is 435 g/mol. The first-order valence-corrected chi connectivity index (χ1v) is 10.3. The van der Waals surface area contributed by atoms with Gasteiger partial charge in [0.25, 0.3) is 5.56 Å². The first-order valence-electron chi connectivity index (χ1n) is 9.57. The Morgan fingerprint density at radius 1 is 1.03 bits per heavy atom. The summed E-state index contributed by atoms with van der Waals surface area (Å²) in [5.41, 5.74) is -0.374. The zero-order chi connectivity index (χ0) is 21.5. The van der Waals surface area contributed by atoms with E-state index >= 15 is 0 Å². The van der Waals surface area contributed by atoms with Crippen molar-refractivity contribution in [2.45, 2.75) is 19.1 Å². The molecule has 0 saturated carbocycles. The third-order valence-electron chi connectivity index (χ3n) is 5.35. The minimum absolute atomic E-state index is 0.160. The molecule has 1 amide bonds. The number of halogens is 3. The van der Waals surface area contributed by atoms with Gasteiger partial charge in [0, 0.05) is 31.9 Å². The largest absolute Gasteiger partial charge is 0.416 e. The number of alkyl halides is 3. The molecule has 0 aliphatic carbocycles. The maximum absolute atomic E-state index is 13.0. The lowest BCUT2D eigenvalue weighted by Crippen LogP contribution is -2.50. The summed E-state index contributed by atoms with van der Waals surface area (Å²) in [4.78, 5) is 29.1. The SMILES string of the molecule is CC(C(=O)N1CCN(c2cccc(C(F)(F)F)c2)CC1)n1sc2ccccc2c1=O. The van der Waals surface area contributed by atoms with E-state index in [9.17, 15) is 22.8 Å². The van der Waals surface area contributed by atoms with Gasteiger partial charge >= 0.3 is 6.18 Å². The number of fused-ring (bicyclic) bond motifs is 1. The van der Waals surface area contributed by atoms with Crippen LogP contribution in [0.15, 0.2) is 53.3 Å². The fraction of sp³-hybridized carbons (Fsp3) is 0.333. The number of piperazine rings is 1. The van der Waals surface area contributed by atoms with E-state index < -0.39 is 17.8 Å². The topological polar surface area (TPSA) is 45.6 Å². The van der Waals surface area contributed by atoms with E-state index in [0.717, 1.165) is 16.8 Å². The maximum atomic E-state index is 13.0. The number of carbonyl (C=O) groups excluding carboxylic acids is 1. The summed E-state index contributed by atoms with van der Waals surface area (Å²) < 4.78 is 41.2. The van der Waals surface area contributed by atoms with E-state index in [-0.39, 0.29) is 11.5 Å². The van der Waals surface area contributed by atoms with Crippen molar-refractivity contribution in [1.82, 2.24) is 8.86 Å². The van der Waals surface area contributed by atoms with Gasteiger partial charge in [0.15, 0.2) is 0 Å². The minimum atomic E-state index is -4.39. The van der Waals surface area contributed by atoms with E-state index in [1.54, 1.807) is 30.0 Å². The molecule has 0 radical (unpaired) electrons. The lowest BCUT2D eigenvalue weighted by Gasteiger charge is -2.37. The molecule has 3 aromatic rings. The van der Waals surface area contributed by atoms with Gasteiger partial charge in [-0.3, -0.25) is 13.5 Å². The molecule has 158 valence electrons. The molecule has 9 heteroatoms. The molecule has 5 nitrogen and oxygen atoms in total. The Hall–Kier alpha value is -2.81. The third kappa shape index (κ3) is 3.81. The molecule has 2 aromatic carbocycles. The maximum Gasteiger partial charge on any atom is 0.416 e. The Kier molecular flexibility index (Phi) is 5.31. The highest BCUT2D eigenvalue weighted by atomic mass is 32.1. The van der Waals surface area contributed by atoms with Crippen molar-refractivity contribution >= 4 is 33.2 Å². The number of anilines is 1. The molecule has 30 heavy (non-hydrogen) atoms. The zero-order valence-corrected chi connectivity index (χ0v) is 17.0. The molecule has 1 unspecified atom stereocenters. The lowest BCUT2D eigenvalue weighted by molar-refractivity contribution is -0.137. The Balaban J connectivity index is 1.45. The standard InChI is InChI=1S/C21H20F3N3O2S/c1-14(27-20(29)17-7-2-3-8-18(17)30-27)19(28)26-11-9-25(10-12-26)16-6-4-5-15(13-16)21(22,23)24/h2-8,13-14H,9-12H2,1H3. The number of hydrogen-bond donors (Lipinski definition) is 0. The van der Waals surface area contributed by atoms with E-state index in [2.05, 4.69) is 0 Å². The first-order chi connectivity index (χ1) is 14.3. The summed E-state index contributed by atoms with van der Waals surface area (Å²) in [6.07, 6.45) is -4.39. The molecule has 1 fully saturated rings. The summed E-state index contributed by atoms with van der Waals surface area (Å²) in [6, 6.07) is 11.8. The number of aromatic nitrogens is 1. The molecule has 0 N–H and O–H groups in total. The van der Waals surface area contributed by atoms with Crippen LogP contribution in [0.1, 0.15) is 18.5 Å². The normalized spacial score (nSPS) is 16.1. The van der Waals surface area contributed by atoms with Crippen LogP contribution in [-0.4, -0.2) is 40.9 Å². The molecule has 2 heterocycles. The van der Waals surface area contributed by atoms with Crippen molar-refractivity contribution in [2.75, 3.05) is 31.1 Å². The van der Waals surface area contributed by atoms with Crippen molar-refractivity contribution in [3.05, 3.63) is 64.4 Å². The molecular weight excluding hydrogens is 415 g/mol. The predicted molar refractivity (Wildman–Crippen MR) is 111 cm³/mol. The van der Waals surface area contributed by atoms with Crippen molar-refractivity contribution in [1.29, 1.82) is 0 Å². The molecule has 1 saturated heterocycles. The highest BCUT2D eigenvalue weighted by Gasteiger charge is 2.32. The zero-order valence-electron chi connectivity index (χ0n) is 16.2. The molecule has 1 aliphatic rings. The van der Waals surface area contributed by atoms with Crippen LogP contribution in [0.25, 0.3) is 10.1 Å². The van der Waals surface area contributed by atoms with Crippen molar-refractivity contribution in [2.24, 2.45) is 0 Å². The summed E-state index contributed by atoms with van der Waals surface area (Å²) in [5, 5.41) is 0.594. The second-order valence-electron chi connectivity index (χ2n) is 7.25. The van der Waals surface area contributed by atoms with Gasteiger partial charge in [0.05, 0.1) is 15.6 Å². The van der Waals surface area contributed by atoms with Crippen LogP contribution in [0.3, 0.4) is 0 Å². The summed E-state index contributed by atoms with van der Waals surface area (Å²) >= 11 is 1.27. The Bertz CT molecular complexity index is 1130. The number of nitrogens with zero attached hydrogens (tertiary/aromatic N) is 3. The van der Waals surface area contributed by atoms with Crippen molar-refractivity contribution < 1.29 is 18.0 Å². The Labute approximate surface area is 175 Å². The fourth-order valence-electron chi connectivity index (χ4n) is 3.67. The van der Waals surface area contributed by atoms with E-state index in [1.807, 2.05) is 17.0 Å². The van der Waals surface area contributed by atoms with Gasteiger partial charge in [0.1, 0.15) is 6.04 Å². The van der Waals surface area contributed by atoms with Gasteiger partial charge in [-0.1, -0.05) is 29.7 Å². The second-order valence-corrected chi connectivity index (χ2v) is 8.27. The molecule has 1 aromatic heterocycles. The summed E-state index contributed by atoms with van der Waals surface area (Å²) in [5.74, 6) is -0.160. The molecule has 4 rings (SSSR count). The average molecular weight is 435 g/mol. The predicted octanol–water partition coefficient (Wildman–Crippen LogP) is 3.99. The van der Waals surface area contributed by atoms with Crippen molar-refractivity contribution in [3.8, 4) is 0 Å². The van der Waals surface area contributed by atoms with Crippen LogP contribution in [0.2, 0.25) is 0 Å². The highest BCUT2D eigenvalue weighted by Crippen LogP contribution is 2.32. The van der Waals surface area contributed by atoms with E-state index in [1.165, 1.54) is 21.6 Å². The van der Waals surface area contributed by atoms with Gasteiger partial charge in [-0.25, -0.2) is 0 Å². The molecular formula is C21H20F3N3O2S. The highest BCUT2D eigenvalue weighted by molar-refractivity contribution is 7.14. The van der Waals surface area contributed by atoms with Crippen LogP contribution in [-0.2, 0) is 11.0 Å². The van der Waals surface area contributed by atoms with Gasteiger partial charge < -0.3 is 9.80 Å². The van der Waals surface area contributed by atoms with Crippen molar-refractivity contribution in [3.63, 3.8) is 0 Å². The fourth-order valence-corrected chi connectivity index (χ4v) is 4.71. The number of amides is 1. The number of benzene rings is 2. The quantitative estimate of drug-likeness (QED) is 0.625. The van der Waals surface area contributed by atoms with Crippen LogP contribution in [0.4, 0.5) is 18.9 Å². The van der Waals surface area contributed by atoms with Crippen LogP contribution < -0.4 is 10.5 Å². The lowest BCUT2D eigenvalue weighted by atomic mass is 10.1. The number of carbonyl (C=O) groups is 1. The smallest absolute Gasteiger partial charge is 0.368 e. The molecule has 0 spiro atoms. The number of hydrogen-bond acceptors (Lipinski definition) is 4. The average Bonchev–Trinajstić information content (AvgIpc) is 3.09. The molecule has 1 aliphatic heterocycles. The minimum Gasteiger partial charge on any atom is -0.368 e. The van der Waals surface area contributed by atoms with Crippen LogP contribution in [0, 0.1) is 0 Å². The van der Waals surface area contributed by atoms with Gasteiger partial charge in [-0.05, 0) is 37.3 Å².